The number of nitrogens with zero attached hydrogens (tertiary/aromatic N) is 3. The van der Waals surface area contributed by atoms with Crippen LogP contribution in [0.15, 0.2) is 48.9 Å². The van der Waals surface area contributed by atoms with Crippen LogP contribution in [0.4, 0.5) is 0 Å². The Bertz CT molecular complexity index is 845. The molecule has 1 amide bonds. The van der Waals surface area contributed by atoms with Gasteiger partial charge in [-0.15, -0.1) is 0 Å². The number of carbonyl (C=O) groups excluding carboxylic acids is 1. The van der Waals surface area contributed by atoms with Gasteiger partial charge in [0, 0.05) is 55.7 Å². The van der Waals surface area contributed by atoms with Crippen molar-refractivity contribution in [2.45, 2.75) is 25.9 Å². The SMILES string of the molecule is COCC(C)NC(=O)CCn1c(-c2ccncc2)cc2cccnc21. The van der Waals surface area contributed by atoms with E-state index in [2.05, 4.69) is 25.9 Å². The monoisotopic (exact) mass is 338 g/mol. The molecule has 0 radical (unpaired) electrons. The molecule has 0 aliphatic rings. The second kappa shape index (κ2) is 7.90. The van der Waals surface area contributed by atoms with Gasteiger partial charge in [-0.2, -0.15) is 0 Å². The van der Waals surface area contributed by atoms with Gasteiger partial charge in [-0.3, -0.25) is 9.78 Å². The number of nitrogens with one attached hydrogen (secondary N) is 1. The average Bonchev–Trinajstić information content (AvgIpc) is 2.99. The molecular formula is C19H22N4O2. The lowest BCUT2D eigenvalue weighted by molar-refractivity contribution is -0.122. The molecule has 0 saturated heterocycles. The zero-order chi connectivity index (χ0) is 17.6. The second-order valence-corrected chi connectivity index (χ2v) is 6.01. The van der Waals surface area contributed by atoms with Gasteiger partial charge in [-0.05, 0) is 37.3 Å². The maximum Gasteiger partial charge on any atom is 0.222 e. The van der Waals surface area contributed by atoms with Crippen LogP contribution in [0.2, 0.25) is 0 Å². The Kier molecular flexibility index (Phi) is 5.40. The summed E-state index contributed by atoms with van der Waals surface area (Å²) in [6, 6.07) is 9.98. The number of ether oxygens (including phenoxy) is 1. The highest BCUT2D eigenvalue weighted by Crippen LogP contribution is 2.27. The van der Waals surface area contributed by atoms with Crippen molar-refractivity contribution in [3.8, 4) is 11.3 Å². The number of hydrogen-bond acceptors (Lipinski definition) is 4. The predicted molar refractivity (Wildman–Crippen MR) is 97.1 cm³/mol. The minimum Gasteiger partial charge on any atom is -0.383 e. The summed E-state index contributed by atoms with van der Waals surface area (Å²) in [6.07, 6.45) is 5.69. The Morgan fingerprint density at radius 1 is 1.28 bits per heavy atom. The summed E-state index contributed by atoms with van der Waals surface area (Å²) in [5.41, 5.74) is 2.97. The zero-order valence-corrected chi connectivity index (χ0v) is 14.5. The Morgan fingerprint density at radius 3 is 2.84 bits per heavy atom. The molecule has 0 aliphatic heterocycles. The first-order valence-electron chi connectivity index (χ1n) is 8.32. The highest BCUT2D eigenvalue weighted by molar-refractivity contribution is 5.84. The third kappa shape index (κ3) is 4.03. The highest BCUT2D eigenvalue weighted by atomic mass is 16.5. The van der Waals surface area contributed by atoms with Crippen LogP contribution in [0, 0.1) is 0 Å². The molecule has 25 heavy (non-hydrogen) atoms. The van der Waals surface area contributed by atoms with Gasteiger partial charge in [-0.1, -0.05) is 0 Å². The summed E-state index contributed by atoms with van der Waals surface area (Å²) in [6.45, 7) is 2.99. The van der Waals surface area contributed by atoms with E-state index in [1.54, 1.807) is 25.7 Å². The number of rotatable bonds is 7. The zero-order valence-electron chi connectivity index (χ0n) is 14.5. The quantitative estimate of drug-likeness (QED) is 0.719. The number of carbonyl (C=O) groups is 1. The van der Waals surface area contributed by atoms with Crippen molar-refractivity contribution in [1.82, 2.24) is 19.9 Å². The first kappa shape index (κ1) is 17.1. The number of hydrogen-bond donors (Lipinski definition) is 1. The molecule has 1 atom stereocenters. The third-order valence-electron chi connectivity index (χ3n) is 4.02. The number of pyridine rings is 2. The maximum absolute atomic E-state index is 12.2. The molecule has 0 fully saturated rings. The van der Waals surface area contributed by atoms with Crippen LogP contribution in [0.3, 0.4) is 0 Å². The number of fused-ring (bicyclic) bond motifs is 1. The molecule has 130 valence electrons. The van der Waals surface area contributed by atoms with Crippen LogP contribution in [0.25, 0.3) is 22.3 Å². The fraction of sp³-hybridized carbons (Fsp3) is 0.316. The molecule has 0 saturated carbocycles. The molecule has 0 aliphatic carbocycles. The van der Waals surface area contributed by atoms with Gasteiger partial charge in [0.2, 0.25) is 5.91 Å². The van der Waals surface area contributed by atoms with Crippen LogP contribution in [-0.2, 0) is 16.1 Å². The van der Waals surface area contributed by atoms with Crippen molar-refractivity contribution < 1.29 is 9.53 Å². The lowest BCUT2D eigenvalue weighted by atomic mass is 10.2. The lowest BCUT2D eigenvalue weighted by Gasteiger charge is -2.14. The largest absolute Gasteiger partial charge is 0.383 e. The molecule has 1 unspecified atom stereocenters. The molecule has 6 heteroatoms. The van der Waals surface area contributed by atoms with Crippen LogP contribution in [-0.4, -0.2) is 40.2 Å². The first-order chi connectivity index (χ1) is 12.2. The fourth-order valence-corrected chi connectivity index (χ4v) is 2.93. The van der Waals surface area contributed by atoms with E-state index in [-0.39, 0.29) is 11.9 Å². The molecule has 1 N–H and O–H groups in total. The summed E-state index contributed by atoms with van der Waals surface area (Å²) in [7, 11) is 1.63. The fourth-order valence-electron chi connectivity index (χ4n) is 2.93. The van der Waals surface area contributed by atoms with E-state index in [1.807, 2.05) is 31.2 Å². The molecule has 3 heterocycles. The summed E-state index contributed by atoms with van der Waals surface area (Å²) >= 11 is 0. The van der Waals surface area contributed by atoms with Crippen LogP contribution < -0.4 is 5.32 Å². The van der Waals surface area contributed by atoms with Gasteiger partial charge < -0.3 is 14.6 Å². The Hall–Kier alpha value is -2.73. The van der Waals surface area contributed by atoms with Gasteiger partial charge >= 0.3 is 0 Å². The summed E-state index contributed by atoms with van der Waals surface area (Å²) < 4.78 is 7.14. The predicted octanol–water partition coefficient (Wildman–Crippen LogP) is 2.64. The molecule has 3 rings (SSSR count). The molecule has 3 aromatic rings. The van der Waals surface area contributed by atoms with E-state index >= 15 is 0 Å². The first-order valence-corrected chi connectivity index (χ1v) is 8.32. The molecular weight excluding hydrogens is 316 g/mol. The summed E-state index contributed by atoms with van der Waals surface area (Å²) in [4.78, 5) is 20.8. The number of aryl methyl sites for hydroxylation is 1. The van der Waals surface area contributed by atoms with Gasteiger partial charge in [0.15, 0.2) is 0 Å². The van der Waals surface area contributed by atoms with E-state index in [1.165, 1.54) is 0 Å². The van der Waals surface area contributed by atoms with Crippen LogP contribution in [0.1, 0.15) is 13.3 Å². The minimum atomic E-state index is -0.00306. The van der Waals surface area contributed by atoms with Crippen molar-refractivity contribution in [3.63, 3.8) is 0 Å². The average molecular weight is 338 g/mol. The van der Waals surface area contributed by atoms with Gasteiger partial charge in [0.25, 0.3) is 0 Å². The Labute approximate surface area is 146 Å². The standard InChI is InChI=1S/C19H22N4O2/c1-14(13-25-2)22-18(24)7-11-23-17(15-5-9-20-10-6-15)12-16-4-3-8-21-19(16)23/h3-6,8-10,12,14H,7,11,13H2,1-2H3,(H,22,24). The van der Waals surface area contributed by atoms with Gasteiger partial charge in [0.1, 0.15) is 5.65 Å². The summed E-state index contributed by atoms with van der Waals surface area (Å²) in [5.74, 6) is 0.00279. The topological polar surface area (TPSA) is 69.0 Å². The van der Waals surface area contributed by atoms with Gasteiger partial charge in [0.05, 0.1) is 12.3 Å². The Morgan fingerprint density at radius 2 is 2.08 bits per heavy atom. The van der Waals surface area contributed by atoms with E-state index in [0.717, 1.165) is 22.3 Å². The lowest BCUT2D eigenvalue weighted by Crippen LogP contribution is -2.36. The van der Waals surface area contributed by atoms with E-state index in [9.17, 15) is 4.79 Å². The summed E-state index contributed by atoms with van der Waals surface area (Å²) in [5, 5.41) is 4.00. The number of amides is 1. The smallest absolute Gasteiger partial charge is 0.222 e. The van der Waals surface area contributed by atoms with Crippen LogP contribution >= 0.6 is 0 Å². The molecule has 0 bridgehead atoms. The third-order valence-corrected chi connectivity index (χ3v) is 4.02. The van der Waals surface area contributed by atoms with Crippen molar-refractivity contribution in [2.75, 3.05) is 13.7 Å². The molecule has 0 spiro atoms. The van der Waals surface area contributed by atoms with Crippen LogP contribution in [0.5, 0.6) is 0 Å². The number of methoxy groups -OCH3 is 1. The van der Waals surface area contributed by atoms with Crippen molar-refractivity contribution in [2.24, 2.45) is 0 Å². The van der Waals surface area contributed by atoms with Crippen molar-refractivity contribution in [1.29, 1.82) is 0 Å². The molecule has 6 nitrogen and oxygen atoms in total. The molecule has 3 aromatic heterocycles. The van der Waals surface area contributed by atoms with Crippen molar-refractivity contribution in [3.05, 3.63) is 48.9 Å². The maximum atomic E-state index is 12.2. The van der Waals surface area contributed by atoms with E-state index in [0.29, 0.717) is 19.6 Å². The molecule has 0 aromatic carbocycles. The van der Waals surface area contributed by atoms with E-state index in [4.69, 9.17) is 4.74 Å². The second-order valence-electron chi connectivity index (χ2n) is 6.01. The van der Waals surface area contributed by atoms with E-state index < -0.39 is 0 Å². The number of aromatic nitrogens is 3. The Balaban J connectivity index is 1.84. The van der Waals surface area contributed by atoms with Crippen molar-refractivity contribution >= 4 is 16.9 Å². The normalized spacial score (nSPS) is 12.2. The minimum absolute atomic E-state index is 0.00279. The highest BCUT2D eigenvalue weighted by Gasteiger charge is 2.13. The van der Waals surface area contributed by atoms with Gasteiger partial charge in [-0.25, -0.2) is 4.98 Å².